The van der Waals surface area contributed by atoms with E-state index in [1.54, 1.807) is 14.0 Å². The summed E-state index contributed by atoms with van der Waals surface area (Å²) in [4.78, 5) is 4.40. The van der Waals surface area contributed by atoms with E-state index in [2.05, 4.69) is 10.1 Å². The van der Waals surface area contributed by atoms with Crippen LogP contribution in [0.1, 0.15) is 57.2 Å². The zero-order chi connectivity index (χ0) is 13.0. The normalized spacial score (nSPS) is 21.5. The number of methoxy groups -OCH3 is 1. The molecule has 0 bridgehead atoms. The molecule has 1 saturated carbocycles. The van der Waals surface area contributed by atoms with E-state index in [9.17, 15) is 5.11 Å². The van der Waals surface area contributed by atoms with Crippen LogP contribution in [0, 0.1) is 0 Å². The Bertz CT molecular complexity index is 368. The Labute approximate surface area is 108 Å². The van der Waals surface area contributed by atoms with Crippen molar-refractivity contribution in [2.24, 2.45) is 0 Å². The van der Waals surface area contributed by atoms with Crippen LogP contribution in [0.5, 0.6) is 0 Å². The molecule has 1 unspecified atom stereocenters. The van der Waals surface area contributed by atoms with Crippen molar-refractivity contribution in [3.8, 4) is 0 Å². The standard InChI is InChI=1S/C13H22N2O3/c1-10(16)9-11-14-12(15-18-11)13(17-2)7-5-3-4-6-8-13/h10,16H,3-9H2,1-2H3. The van der Waals surface area contributed by atoms with E-state index in [4.69, 9.17) is 9.26 Å². The van der Waals surface area contributed by atoms with E-state index >= 15 is 0 Å². The van der Waals surface area contributed by atoms with E-state index < -0.39 is 11.7 Å². The average molecular weight is 254 g/mol. The fourth-order valence-corrected chi connectivity index (χ4v) is 2.59. The first-order valence-electron chi connectivity index (χ1n) is 6.72. The van der Waals surface area contributed by atoms with E-state index in [-0.39, 0.29) is 0 Å². The van der Waals surface area contributed by atoms with Crippen LogP contribution in [0.2, 0.25) is 0 Å². The highest BCUT2D eigenvalue weighted by atomic mass is 16.5. The van der Waals surface area contributed by atoms with E-state index in [1.165, 1.54) is 12.8 Å². The van der Waals surface area contributed by atoms with Crippen LogP contribution in [0.4, 0.5) is 0 Å². The number of aromatic nitrogens is 2. The topological polar surface area (TPSA) is 68.4 Å². The second kappa shape index (κ2) is 5.80. The van der Waals surface area contributed by atoms with Crippen LogP contribution in [0.3, 0.4) is 0 Å². The van der Waals surface area contributed by atoms with Gasteiger partial charge in [0.15, 0.2) is 0 Å². The van der Waals surface area contributed by atoms with Crippen molar-refractivity contribution in [3.05, 3.63) is 11.7 Å². The largest absolute Gasteiger partial charge is 0.393 e. The lowest BCUT2D eigenvalue weighted by Gasteiger charge is -2.27. The quantitative estimate of drug-likeness (QED) is 0.834. The molecule has 1 N–H and O–H groups in total. The third-order valence-electron chi connectivity index (χ3n) is 3.65. The number of aliphatic hydroxyl groups is 1. The Morgan fingerprint density at radius 3 is 2.56 bits per heavy atom. The fourth-order valence-electron chi connectivity index (χ4n) is 2.59. The fraction of sp³-hybridized carbons (Fsp3) is 0.846. The van der Waals surface area contributed by atoms with Crippen molar-refractivity contribution in [2.75, 3.05) is 7.11 Å². The highest BCUT2D eigenvalue weighted by Gasteiger charge is 2.37. The summed E-state index contributed by atoms with van der Waals surface area (Å²) in [6.45, 7) is 1.71. The molecule has 0 aliphatic heterocycles. The Morgan fingerprint density at radius 2 is 2.00 bits per heavy atom. The molecule has 5 heteroatoms. The van der Waals surface area contributed by atoms with Gasteiger partial charge in [-0.05, 0) is 19.8 Å². The zero-order valence-corrected chi connectivity index (χ0v) is 11.2. The Balaban J connectivity index is 2.17. The first kappa shape index (κ1) is 13.5. The van der Waals surface area contributed by atoms with Crippen molar-refractivity contribution in [2.45, 2.75) is 63.6 Å². The minimum Gasteiger partial charge on any atom is -0.393 e. The van der Waals surface area contributed by atoms with Crippen molar-refractivity contribution >= 4 is 0 Å². The lowest BCUT2D eigenvalue weighted by molar-refractivity contribution is -0.0365. The lowest BCUT2D eigenvalue weighted by Crippen LogP contribution is -2.29. The molecule has 18 heavy (non-hydrogen) atoms. The molecular weight excluding hydrogens is 232 g/mol. The van der Waals surface area contributed by atoms with Gasteiger partial charge >= 0.3 is 0 Å². The number of ether oxygens (including phenoxy) is 1. The molecule has 0 radical (unpaired) electrons. The average Bonchev–Trinajstić information content (AvgIpc) is 2.66. The maximum Gasteiger partial charge on any atom is 0.229 e. The highest BCUT2D eigenvalue weighted by Crippen LogP contribution is 2.37. The highest BCUT2D eigenvalue weighted by molar-refractivity contribution is 5.03. The Hall–Kier alpha value is -0.940. The summed E-state index contributed by atoms with van der Waals surface area (Å²) in [5, 5.41) is 13.4. The number of aliphatic hydroxyl groups excluding tert-OH is 1. The predicted molar refractivity (Wildman–Crippen MR) is 66.1 cm³/mol. The van der Waals surface area contributed by atoms with Crippen molar-refractivity contribution in [1.82, 2.24) is 10.1 Å². The van der Waals surface area contributed by atoms with Crippen molar-refractivity contribution < 1.29 is 14.4 Å². The first-order valence-corrected chi connectivity index (χ1v) is 6.72. The van der Waals surface area contributed by atoms with Gasteiger partial charge in [-0.15, -0.1) is 0 Å². The van der Waals surface area contributed by atoms with Gasteiger partial charge in [-0.1, -0.05) is 30.8 Å². The van der Waals surface area contributed by atoms with Crippen LogP contribution in [0.25, 0.3) is 0 Å². The van der Waals surface area contributed by atoms with E-state index in [0.717, 1.165) is 25.7 Å². The van der Waals surface area contributed by atoms with Crippen LogP contribution >= 0.6 is 0 Å². The molecular formula is C13H22N2O3. The second-order valence-electron chi connectivity index (χ2n) is 5.18. The summed E-state index contributed by atoms with van der Waals surface area (Å²) < 4.78 is 10.9. The molecule has 1 aliphatic rings. The van der Waals surface area contributed by atoms with Gasteiger partial charge in [0.25, 0.3) is 0 Å². The second-order valence-corrected chi connectivity index (χ2v) is 5.18. The third-order valence-corrected chi connectivity index (χ3v) is 3.65. The Kier molecular flexibility index (Phi) is 4.35. The molecule has 0 spiro atoms. The SMILES string of the molecule is COC1(c2noc(CC(C)O)n2)CCCCCC1. The summed E-state index contributed by atoms with van der Waals surface area (Å²) in [7, 11) is 1.72. The maximum absolute atomic E-state index is 9.33. The third kappa shape index (κ3) is 2.90. The van der Waals surface area contributed by atoms with Crippen LogP contribution in [-0.4, -0.2) is 28.5 Å². The molecule has 1 aromatic rings. The summed E-state index contributed by atoms with van der Waals surface area (Å²) in [6.07, 6.45) is 6.56. The van der Waals surface area contributed by atoms with Gasteiger partial charge in [0.05, 0.1) is 12.5 Å². The molecule has 1 heterocycles. The minimum absolute atomic E-state index is 0.392. The van der Waals surface area contributed by atoms with Gasteiger partial charge in [0.2, 0.25) is 11.7 Å². The van der Waals surface area contributed by atoms with E-state index in [1.807, 2.05) is 0 Å². The van der Waals surface area contributed by atoms with Crippen LogP contribution in [0.15, 0.2) is 4.52 Å². The molecule has 2 rings (SSSR count). The van der Waals surface area contributed by atoms with E-state index in [0.29, 0.717) is 18.1 Å². The Morgan fingerprint density at radius 1 is 1.33 bits per heavy atom. The van der Waals surface area contributed by atoms with Crippen LogP contribution in [-0.2, 0) is 16.8 Å². The lowest BCUT2D eigenvalue weighted by atomic mass is 9.93. The number of rotatable bonds is 4. The van der Waals surface area contributed by atoms with Gasteiger partial charge in [0, 0.05) is 7.11 Å². The van der Waals surface area contributed by atoms with Crippen LogP contribution < -0.4 is 0 Å². The summed E-state index contributed by atoms with van der Waals surface area (Å²) in [6, 6.07) is 0. The molecule has 5 nitrogen and oxygen atoms in total. The maximum atomic E-state index is 9.33. The van der Waals surface area contributed by atoms with Gasteiger partial charge in [-0.25, -0.2) is 0 Å². The van der Waals surface area contributed by atoms with Crippen molar-refractivity contribution in [3.63, 3.8) is 0 Å². The van der Waals surface area contributed by atoms with Gasteiger partial charge in [-0.2, -0.15) is 4.98 Å². The van der Waals surface area contributed by atoms with Crippen molar-refractivity contribution in [1.29, 1.82) is 0 Å². The molecule has 0 aromatic carbocycles. The molecule has 1 aromatic heterocycles. The molecule has 1 atom stereocenters. The van der Waals surface area contributed by atoms with Gasteiger partial charge in [-0.3, -0.25) is 0 Å². The molecule has 0 saturated heterocycles. The summed E-state index contributed by atoms with van der Waals surface area (Å²) in [5.74, 6) is 1.13. The van der Waals surface area contributed by atoms with Gasteiger partial charge < -0.3 is 14.4 Å². The van der Waals surface area contributed by atoms with Gasteiger partial charge in [0.1, 0.15) is 5.60 Å². The summed E-state index contributed by atoms with van der Waals surface area (Å²) in [5.41, 5.74) is -0.392. The molecule has 1 fully saturated rings. The number of hydrogen-bond acceptors (Lipinski definition) is 5. The minimum atomic E-state index is -0.467. The monoisotopic (exact) mass is 254 g/mol. The summed E-state index contributed by atoms with van der Waals surface area (Å²) >= 11 is 0. The predicted octanol–water partition coefficient (Wildman–Crippen LogP) is 2.19. The molecule has 0 amide bonds. The smallest absolute Gasteiger partial charge is 0.229 e. The molecule has 1 aliphatic carbocycles. The number of nitrogens with zero attached hydrogens (tertiary/aromatic N) is 2. The first-order chi connectivity index (χ1) is 8.66. The zero-order valence-electron chi connectivity index (χ0n) is 11.2. The molecule has 102 valence electrons. The number of hydrogen-bond donors (Lipinski definition) is 1.